The van der Waals surface area contributed by atoms with Crippen molar-refractivity contribution >= 4 is 54.3 Å². The van der Waals surface area contributed by atoms with Crippen LogP contribution in [-0.2, 0) is 0 Å². The molecule has 0 bridgehead atoms. The lowest BCUT2D eigenvalue weighted by molar-refractivity contribution is 0.617. The molecule has 3 heteroatoms. The molecule has 5 aromatic carbocycles. The number of para-hydroxylation sites is 1. The van der Waals surface area contributed by atoms with Gasteiger partial charge < -0.3 is 8.98 Å². The molecule has 168 valence electrons. The maximum absolute atomic E-state index is 6.12. The molecule has 0 N–H and O–H groups in total. The van der Waals surface area contributed by atoms with Crippen LogP contribution < -0.4 is 0 Å². The van der Waals surface area contributed by atoms with Crippen molar-refractivity contribution in [3.05, 3.63) is 122 Å². The van der Waals surface area contributed by atoms with E-state index >= 15 is 0 Å². The van der Waals surface area contributed by atoms with Crippen molar-refractivity contribution in [1.82, 2.24) is 9.55 Å². The maximum atomic E-state index is 6.12. The fourth-order valence-corrected chi connectivity index (χ4v) is 5.83. The van der Waals surface area contributed by atoms with Crippen LogP contribution in [-0.4, -0.2) is 9.55 Å². The predicted octanol–water partition coefficient (Wildman–Crippen LogP) is 8.90. The first kappa shape index (κ1) is 19.4. The molecular weight excluding hydrogens is 440 g/mol. The minimum atomic E-state index is 0.858. The summed E-state index contributed by atoms with van der Waals surface area (Å²) in [5, 5.41) is 8.58. The lowest BCUT2D eigenvalue weighted by Crippen LogP contribution is -1.95. The molecule has 0 fully saturated rings. The highest BCUT2D eigenvalue weighted by molar-refractivity contribution is 6.34. The third-order valence-corrected chi connectivity index (χ3v) is 7.29. The number of hydrogen-bond acceptors (Lipinski definition) is 2. The molecule has 0 amide bonds. The molecule has 0 saturated carbocycles. The molecule has 0 aliphatic rings. The van der Waals surface area contributed by atoms with E-state index in [1.807, 2.05) is 30.7 Å². The minimum absolute atomic E-state index is 0.858. The van der Waals surface area contributed by atoms with Crippen LogP contribution >= 0.6 is 0 Å². The molecule has 3 aromatic heterocycles. The Morgan fingerprint density at radius 3 is 1.97 bits per heavy atom. The van der Waals surface area contributed by atoms with E-state index in [1.54, 1.807) is 0 Å². The van der Waals surface area contributed by atoms with Crippen LogP contribution in [0.15, 0.2) is 126 Å². The van der Waals surface area contributed by atoms with E-state index in [0.29, 0.717) is 0 Å². The third kappa shape index (κ3) is 2.54. The van der Waals surface area contributed by atoms with E-state index in [9.17, 15) is 0 Å². The summed E-state index contributed by atoms with van der Waals surface area (Å²) in [6.45, 7) is 0. The fraction of sp³-hybridized carbons (Fsp3) is 0. The van der Waals surface area contributed by atoms with E-state index in [4.69, 9.17) is 4.42 Å². The summed E-state index contributed by atoms with van der Waals surface area (Å²) in [5.74, 6) is 0. The minimum Gasteiger partial charge on any atom is -0.464 e. The van der Waals surface area contributed by atoms with E-state index in [1.165, 1.54) is 37.8 Å². The van der Waals surface area contributed by atoms with E-state index in [0.717, 1.165) is 33.4 Å². The number of furan rings is 1. The Labute approximate surface area is 206 Å². The van der Waals surface area contributed by atoms with Crippen LogP contribution in [0.1, 0.15) is 0 Å². The first-order valence-corrected chi connectivity index (χ1v) is 12.1. The zero-order valence-corrected chi connectivity index (χ0v) is 19.3. The van der Waals surface area contributed by atoms with Crippen molar-refractivity contribution in [2.24, 2.45) is 0 Å². The molecule has 0 aliphatic carbocycles. The zero-order chi connectivity index (χ0) is 23.6. The number of benzene rings is 5. The van der Waals surface area contributed by atoms with Gasteiger partial charge >= 0.3 is 0 Å². The Morgan fingerprint density at radius 1 is 0.528 bits per heavy atom. The second-order valence-corrected chi connectivity index (χ2v) is 9.18. The average Bonchev–Trinajstić information content (AvgIpc) is 3.54. The molecular formula is C33H20N2O. The maximum Gasteiger partial charge on any atom is 0.136 e. The van der Waals surface area contributed by atoms with Gasteiger partial charge in [-0.25, -0.2) is 0 Å². The molecule has 0 aliphatic heterocycles. The van der Waals surface area contributed by atoms with Gasteiger partial charge in [0.15, 0.2) is 0 Å². The highest BCUT2D eigenvalue weighted by Crippen LogP contribution is 2.46. The molecule has 0 saturated heterocycles. The molecule has 0 atom stereocenters. The molecule has 3 heterocycles. The van der Waals surface area contributed by atoms with Crippen molar-refractivity contribution in [3.63, 3.8) is 0 Å². The van der Waals surface area contributed by atoms with Gasteiger partial charge in [-0.1, -0.05) is 72.8 Å². The van der Waals surface area contributed by atoms with Crippen LogP contribution in [0.2, 0.25) is 0 Å². The van der Waals surface area contributed by atoms with E-state index in [-0.39, 0.29) is 0 Å². The smallest absolute Gasteiger partial charge is 0.136 e. The van der Waals surface area contributed by atoms with Crippen LogP contribution in [0.25, 0.3) is 71.3 Å². The Bertz CT molecular complexity index is 2080. The topological polar surface area (TPSA) is 31.0 Å². The molecule has 36 heavy (non-hydrogen) atoms. The van der Waals surface area contributed by atoms with Gasteiger partial charge in [0, 0.05) is 33.6 Å². The van der Waals surface area contributed by atoms with Crippen LogP contribution in [0, 0.1) is 0 Å². The average molecular weight is 461 g/mol. The lowest BCUT2D eigenvalue weighted by Gasteiger charge is -2.12. The number of fused-ring (bicyclic) bond motifs is 10. The SMILES string of the molecule is c1ccc(-n2c3c(ccc4occ(-c5ccccn5)c43)c3c4ccccc4c4ccccc4c32)cc1. The van der Waals surface area contributed by atoms with Gasteiger partial charge in [-0.05, 0) is 52.6 Å². The number of hydrogen-bond donors (Lipinski definition) is 0. The summed E-state index contributed by atoms with van der Waals surface area (Å²) in [5.41, 5.74) is 6.25. The molecule has 3 nitrogen and oxygen atoms in total. The summed E-state index contributed by atoms with van der Waals surface area (Å²) >= 11 is 0. The van der Waals surface area contributed by atoms with Crippen molar-refractivity contribution in [2.45, 2.75) is 0 Å². The van der Waals surface area contributed by atoms with Gasteiger partial charge in [0.2, 0.25) is 0 Å². The summed E-state index contributed by atoms with van der Waals surface area (Å²) < 4.78 is 8.54. The third-order valence-electron chi connectivity index (χ3n) is 7.29. The van der Waals surface area contributed by atoms with E-state index < -0.39 is 0 Å². The van der Waals surface area contributed by atoms with Crippen LogP contribution in [0.5, 0.6) is 0 Å². The van der Waals surface area contributed by atoms with Gasteiger partial charge in [-0.3, -0.25) is 4.98 Å². The number of rotatable bonds is 2. The summed E-state index contributed by atoms with van der Waals surface area (Å²) in [6, 6.07) is 38.5. The van der Waals surface area contributed by atoms with Crippen LogP contribution in [0.3, 0.4) is 0 Å². The first-order chi connectivity index (χ1) is 17.9. The Hall–Kier alpha value is -4.89. The second-order valence-electron chi connectivity index (χ2n) is 9.18. The largest absolute Gasteiger partial charge is 0.464 e. The van der Waals surface area contributed by atoms with Gasteiger partial charge in [0.25, 0.3) is 0 Å². The molecule has 8 rings (SSSR count). The number of aromatic nitrogens is 2. The van der Waals surface area contributed by atoms with Gasteiger partial charge in [-0.2, -0.15) is 0 Å². The summed E-state index contributed by atoms with van der Waals surface area (Å²) in [7, 11) is 0. The van der Waals surface area contributed by atoms with Crippen molar-refractivity contribution < 1.29 is 4.42 Å². The first-order valence-electron chi connectivity index (χ1n) is 12.1. The van der Waals surface area contributed by atoms with Crippen molar-refractivity contribution in [2.75, 3.05) is 0 Å². The second kappa shape index (κ2) is 7.30. The number of nitrogens with zero attached hydrogens (tertiary/aromatic N) is 2. The Morgan fingerprint density at radius 2 is 1.19 bits per heavy atom. The lowest BCUT2D eigenvalue weighted by atomic mass is 9.96. The fourth-order valence-electron chi connectivity index (χ4n) is 5.83. The van der Waals surface area contributed by atoms with E-state index in [2.05, 4.69) is 101 Å². The molecule has 8 aromatic rings. The van der Waals surface area contributed by atoms with Gasteiger partial charge in [-0.15, -0.1) is 0 Å². The number of pyridine rings is 1. The molecule has 0 spiro atoms. The highest BCUT2D eigenvalue weighted by Gasteiger charge is 2.23. The normalized spacial score (nSPS) is 11.9. The highest BCUT2D eigenvalue weighted by atomic mass is 16.3. The van der Waals surface area contributed by atoms with Gasteiger partial charge in [0.1, 0.15) is 11.8 Å². The van der Waals surface area contributed by atoms with Crippen molar-refractivity contribution in [1.29, 1.82) is 0 Å². The Balaban J connectivity index is 1.72. The zero-order valence-electron chi connectivity index (χ0n) is 19.3. The standard InChI is InChI=1S/C33H20N2O/c1-2-10-21(11-3-1)35-32-25-15-7-5-13-23(25)22-12-4-6-14-24(22)30(32)26-17-18-29-31(33(26)35)27(20-36-29)28-16-8-9-19-34-28/h1-20H. The molecule has 0 radical (unpaired) electrons. The van der Waals surface area contributed by atoms with Crippen molar-refractivity contribution in [3.8, 4) is 16.9 Å². The predicted molar refractivity (Wildman–Crippen MR) is 149 cm³/mol. The summed E-state index contributed by atoms with van der Waals surface area (Å²) in [6.07, 6.45) is 3.68. The monoisotopic (exact) mass is 460 g/mol. The Kier molecular flexibility index (Phi) is 3.94. The summed E-state index contributed by atoms with van der Waals surface area (Å²) in [4.78, 5) is 4.67. The van der Waals surface area contributed by atoms with Gasteiger partial charge in [0.05, 0.1) is 22.1 Å². The molecule has 0 unspecified atom stereocenters. The quantitative estimate of drug-likeness (QED) is 0.241. The van der Waals surface area contributed by atoms with Crippen LogP contribution in [0.4, 0.5) is 0 Å².